The molecule has 0 aromatic heterocycles. The van der Waals surface area contributed by atoms with Gasteiger partial charge in [-0.2, -0.15) is 0 Å². The van der Waals surface area contributed by atoms with E-state index in [1.54, 1.807) is 0 Å². The van der Waals surface area contributed by atoms with E-state index in [1.807, 2.05) is 31.3 Å². The average Bonchev–Trinajstić information content (AvgIpc) is 2.26. The van der Waals surface area contributed by atoms with Crippen molar-refractivity contribution in [3.8, 4) is 0 Å². The lowest BCUT2D eigenvalue weighted by atomic mass is 10.1. The molecule has 0 heterocycles. The summed E-state index contributed by atoms with van der Waals surface area (Å²) < 4.78 is 13.1. The fourth-order valence-electron chi connectivity index (χ4n) is 1.45. The lowest BCUT2D eigenvalue weighted by molar-refractivity contribution is 0.461. The van der Waals surface area contributed by atoms with Crippen LogP contribution in [0.3, 0.4) is 0 Å². The summed E-state index contributed by atoms with van der Waals surface area (Å²) in [5.74, 6) is 1.15. The minimum absolute atomic E-state index is 0.296. The molecule has 2 atom stereocenters. The van der Waals surface area contributed by atoms with Gasteiger partial charge >= 0.3 is 0 Å². The van der Waals surface area contributed by atoms with E-state index in [2.05, 4.69) is 35.1 Å². The molecule has 0 spiro atoms. The Kier molecular flexibility index (Phi) is 5.66. The largest absolute Gasteiger partial charge is 0.316 e. The SMILES string of the molecule is CNC(CS(=O)c1ccc(Br)cc1)C(C)C. The van der Waals surface area contributed by atoms with Crippen LogP contribution in [0, 0.1) is 5.92 Å². The van der Waals surface area contributed by atoms with Gasteiger partial charge in [-0.25, -0.2) is 0 Å². The van der Waals surface area contributed by atoms with Gasteiger partial charge in [-0.3, -0.25) is 4.21 Å². The highest BCUT2D eigenvalue weighted by Crippen LogP contribution is 2.15. The molecule has 0 fully saturated rings. The normalized spacial score (nSPS) is 15.1. The summed E-state index contributed by atoms with van der Waals surface area (Å²) in [6, 6.07) is 7.97. The zero-order valence-corrected chi connectivity index (χ0v) is 12.3. The van der Waals surface area contributed by atoms with Gasteiger partial charge in [-0.1, -0.05) is 29.8 Å². The maximum Gasteiger partial charge on any atom is 0.0545 e. The van der Waals surface area contributed by atoms with Gasteiger partial charge in [-0.15, -0.1) is 0 Å². The summed E-state index contributed by atoms with van der Waals surface area (Å²) in [5.41, 5.74) is 0. The van der Waals surface area contributed by atoms with E-state index in [-0.39, 0.29) is 0 Å². The van der Waals surface area contributed by atoms with Crippen molar-refractivity contribution < 1.29 is 4.21 Å². The first-order valence-electron chi connectivity index (χ1n) is 5.35. The molecule has 0 aliphatic carbocycles. The molecule has 2 unspecified atom stereocenters. The number of halogens is 1. The molecule has 0 amide bonds. The van der Waals surface area contributed by atoms with Crippen LogP contribution >= 0.6 is 15.9 Å². The van der Waals surface area contributed by atoms with Crippen molar-refractivity contribution in [3.63, 3.8) is 0 Å². The second kappa shape index (κ2) is 6.52. The van der Waals surface area contributed by atoms with Crippen LogP contribution in [0.15, 0.2) is 33.6 Å². The monoisotopic (exact) mass is 303 g/mol. The maximum absolute atomic E-state index is 12.1. The van der Waals surface area contributed by atoms with Gasteiger partial charge < -0.3 is 5.32 Å². The Labute approximate surface area is 108 Å². The minimum Gasteiger partial charge on any atom is -0.316 e. The maximum atomic E-state index is 12.1. The number of benzene rings is 1. The number of hydrogen-bond acceptors (Lipinski definition) is 2. The van der Waals surface area contributed by atoms with Gasteiger partial charge in [0, 0.05) is 21.2 Å². The molecule has 2 nitrogen and oxygen atoms in total. The summed E-state index contributed by atoms with van der Waals surface area (Å²) >= 11 is 3.37. The van der Waals surface area contributed by atoms with Crippen LogP contribution < -0.4 is 5.32 Å². The van der Waals surface area contributed by atoms with Crippen LogP contribution in [-0.2, 0) is 10.8 Å². The third kappa shape index (κ3) is 4.00. The van der Waals surface area contributed by atoms with Crippen molar-refractivity contribution in [2.75, 3.05) is 12.8 Å². The molecule has 90 valence electrons. The lowest BCUT2D eigenvalue weighted by Gasteiger charge is -2.19. The molecular formula is C12H18BrNOS. The smallest absolute Gasteiger partial charge is 0.0545 e. The molecule has 1 rings (SSSR count). The highest BCUT2D eigenvalue weighted by molar-refractivity contribution is 9.10. The first-order chi connectivity index (χ1) is 7.54. The zero-order chi connectivity index (χ0) is 12.1. The van der Waals surface area contributed by atoms with Crippen LogP contribution in [0.1, 0.15) is 13.8 Å². The molecule has 0 saturated carbocycles. The Morgan fingerprint density at radius 3 is 2.31 bits per heavy atom. The first kappa shape index (κ1) is 13.9. The third-order valence-electron chi connectivity index (χ3n) is 2.58. The Hall–Kier alpha value is -0.190. The third-order valence-corrected chi connectivity index (χ3v) is 4.57. The van der Waals surface area contributed by atoms with E-state index in [1.165, 1.54) is 0 Å². The van der Waals surface area contributed by atoms with E-state index in [0.717, 1.165) is 9.37 Å². The topological polar surface area (TPSA) is 29.1 Å². The van der Waals surface area contributed by atoms with Crippen LogP contribution in [0.5, 0.6) is 0 Å². The molecule has 0 saturated heterocycles. The molecule has 0 radical (unpaired) electrons. The van der Waals surface area contributed by atoms with Gasteiger partial charge in [0.25, 0.3) is 0 Å². The summed E-state index contributed by atoms with van der Waals surface area (Å²) in [6.45, 7) is 4.28. The van der Waals surface area contributed by atoms with E-state index in [0.29, 0.717) is 17.7 Å². The van der Waals surface area contributed by atoms with Crippen molar-refractivity contribution in [1.82, 2.24) is 5.32 Å². The van der Waals surface area contributed by atoms with Crippen LogP contribution in [0.4, 0.5) is 0 Å². The summed E-state index contributed by atoms with van der Waals surface area (Å²) in [7, 11) is 0.995. The Morgan fingerprint density at radius 1 is 1.31 bits per heavy atom. The standard InChI is InChI=1S/C12H18BrNOS/c1-9(2)12(14-3)8-16(15)11-6-4-10(13)5-7-11/h4-7,9,12,14H,8H2,1-3H3. The van der Waals surface area contributed by atoms with Gasteiger partial charge in [0.05, 0.1) is 10.8 Å². The van der Waals surface area contributed by atoms with Crippen molar-refractivity contribution >= 4 is 26.7 Å². The molecular weight excluding hydrogens is 286 g/mol. The molecule has 1 aromatic carbocycles. The molecule has 16 heavy (non-hydrogen) atoms. The molecule has 1 aromatic rings. The predicted octanol–water partition coefficient (Wildman–Crippen LogP) is 2.80. The lowest BCUT2D eigenvalue weighted by Crippen LogP contribution is -2.35. The van der Waals surface area contributed by atoms with Gasteiger partial charge in [0.1, 0.15) is 0 Å². The summed E-state index contributed by atoms with van der Waals surface area (Å²) in [4.78, 5) is 0.893. The van der Waals surface area contributed by atoms with Gasteiger partial charge in [0.15, 0.2) is 0 Å². The van der Waals surface area contributed by atoms with Gasteiger partial charge in [-0.05, 0) is 37.2 Å². The molecule has 0 aliphatic heterocycles. The predicted molar refractivity (Wildman–Crippen MR) is 73.1 cm³/mol. The van der Waals surface area contributed by atoms with E-state index in [4.69, 9.17) is 0 Å². The van der Waals surface area contributed by atoms with Crippen molar-refractivity contribution in [1.29, 1.82) is 0 Å². The molecule has 0 bridgehead atoms. The second-order valence-corrected chi connectivity index (χ2v) is 6.52. The zero-order valence-electron chi connectivity index (χ0n) is 9.87. The molecule has 4 heteroatoms. The molecule has 1 N–H and O–H groups in total. The average molecular weight is 304 g/mol. The Balaban J connectivity index is 2.68. The van der Waals surface area contributed by atoms with Crippen LogP contribution in [0.2, 0.25) is 0 Å². The van der Waals surface area contributed by atoms with Crippen LogP contribution in [0.25, 0.3) is 0 Å². The van der Waals surface area contributed by atoms with Crippen LogP contribution in [-0.4, -0.2) is 23.1 Å². The minimum atomic E-state index is -0.926. The second-order valence-electron chi connectivity index (χ2n) is 4.11. The number of hydrogen-bond donors (Lipinski definition) is 1. The quantitative estimate of drug-likeness (QED) is 0.906. The van der Waals surface area contributed by atoms with Crippen molar-refractivity contribution in [3.05, 3.63) is 28.7 Å². The summed E-state index contributed by atoms with van der Waals surface area (Å²) in [6.07, 6.45) is 0. The van der Waals surface area contributed by atoms with Crippen molar-refractivity contribution in [2.45, 2.75) is 24.8 Å². The number of nitrogens with one attached hydrogen (secondary N) is 1. The Morgan fingerprint density at radius 2 is 1.88 bits per heavy atom. The summed E-state index contributed by atoms with van der Waals surface area (Å²) in [5, 5.41) is 3.21. The van der Waals surface area contributed by atoms with Crippen molar-refractivity contribution in [2.24, 2.45) is 5.92 Å². The Bertz CT molecular complexity index is 351. The fourth-order valence-corrected chi connectivity index (χ4v) is 3.23. The van der Waals surface area contributed by atoms with Gasteiger partial charge in [0.2, 0.25) is 0 Å². The molecule has 0 aliphatic rings. The first-order valence-corrected chi connectivity index (χ1v) is 7.47. The number of rotatable bonds is 5. The highest BCUT2D eigenvalue weighted by atomic mass is 79.9. The fraction of sp³-hybridized carbons (Fsp3) is 0.500. The van der Waals surface area contributed by atoms with E-state index in [9.17, 15) is 4.21 Å². The highest BCUT2D eigenvalue weighted by Gasteiger charge is 2.15. The van der Waals surface area contributed by atoms with E-state index >= 15 is 0 Å². The van der Waals surface area contributed by atoms with E-state index < -0.39 is 10.8 Å².